The van der Waals surface area contributed by atoms with Gasteiger partial charge >= 0.3 is 5.97 Å². The van der Waals surface area contributed by atoms with Gasteiger partial charge in [-0.2, -0.15) is 0 Å². The minimum atomic E-state index is -1.08. The van der Waals surface area contributed by atoms with Crippen LogP contribution in [-0.4, -0.2) is 23.0 Å². The molecule has 0 heterocycles. The molecular formula is C15H18FNO3. The van der Waals surface area contributed by atoms with Crippen molar-refractivity contribution in [1.82, 2.24) is 5.32 Å². The minimum Gasteiger partial charge on any atom is -0.480 e. The lowest BCUT2D eigenvalue weighted by Crippen LogP contribution is -2.44. The largest absolute Gasteiger partial charge is 0.480 e. The van der Waals surface area contributed by atoms with Gasteiger partial charge in [0, 0.05) is 11.6 Å². The summed E-state index contributed by atoms with van der Waals surface area (Å²) in [6, 6.07) is 5.08. The molecule has 1 aromatic carbocycles. The van der Waals surface area contributed by atoms with Crippen LogP contribution in [0.5, 0.6) is 0 Å². The van der Waals surface area contributed by atoms with Crippen molar-refractivity contribution >= 4 is 18.0 Å². The molecule has 2 N–H and O–H groups in total. The quantitative estimate of drug-likeness (QED) is 0.786. The average molecular weight is 279 g/mol. The van der Waals surface area contributed by atoms with Crippen molar-refractivity contribution in [3.05, 3.63) is 41.7 Å². The van der Waals surface area contributed by atoms with E-state index >= 15 is 0 Å². The minimum absolute atomic E-state index is 0.182. The Hall–Kier alpha value is -2.17. The number of benzene rings is 1. The van der Waals surface area contributed by atoms with Crippen LogP contribution in [-0.2, 0) is 9.59 Å². The van der Waals surface area contributed by atoms with E-state index in [0.717, 1.165) is 6.08 Å². The second-order valence-corrected chi connectivity index (χ2v) is 4.56. The van der Waals surface area contributed by atoms with Crippen LogP contribution < -0.4 is 5.32 Å². The van der Waals surface area contributed by atoms with Gasteiger partial charge in [0.05, 0.1) is 0 Å². The van der Waals surface area contributed by atoms with Crippen LogP contribution in [0.25, 0.3) is 6.08 Å². The van der Waals surface area contributed by atoms with Crippen molar-refractivity contribution in [3.8, 4) is 0 Å². The van der Waals surface area contributed by atoms with Gasteiger partial charge in [0.25, 0.3) is 0 Å². The number of amides is 1. The van der Waals surface area contributed by atoms with Crippen LogP contribution in [0.2, 0.25) is 0 Å². The van der Waals surface area contributed by atoms with Crippen molar-refractivity contribution in [3.63, 3.8) is 0 Å². The zero-order chi connectivity index (χ0) is 15.1. The molecule has 108 valence electrons. The van der Waals surface area contributed by atoms with Crippen molar-refractivity contribution in [2.75, 3.05) is 0 Å². The molecule has 1 amide bonds. The standard InChI is InChI=1S/C15H18FNO3/c1-3-10(2)14(15(19)20)17-13(18)9-8-11-6-4-5-7-12(11)16/h4-10,14H,3H2,1-2H3,(H,17,18)(H,19,20)/b9-8+. The summed E-state index contributed by atoms with van der Waals surface area (Å²) in [5.41, 5.74) is 0.276. The number of hydrogen-bond acceptors (Lipinski definition) is 2. The molecule has 0 aliphatic carbocycles. The number of carbonyl (C=O) groups excluding carboxylic acids is 1. The van der Waals surface area contributed by atoms with Gasteiger partial charge in [0.15, 0.2) is 0 Å². The molecule has 0 saturated carbocycles. The third-order valence-corrected chi connectivity index (χ3v) is 3.10. The molecule has 0 fully saturated rings. The molecule has 1 rings (SSSR count). The Morgan fingerprint density at radius 3 is 2.60 bits per heavy atom. The third-order valence-electron chi connectivity index (χ3n) is 3.10. The van der Waals surface area contributed by atoms with Gasteiger partial charge in [-0.25, -0.2) is 9.18 Å². The lowest BCUT2D eigenvalue weighted by Gasteiger charge is -2.19. The molecule has 0 aromatic heterocycles. The van der Waals surface area contributed by atoms with Gasteiger partial charge < -0.3 is 10.4 Å². The van der Waals surface area contributed by atoms with E-state index in [-0.39, 0.29) is 11.5 Å². The maximum absolute atomic E-state index is 13.3. The molecule has 5 heteroatoms. The predicted molar refractivity (Wildman–Crippen MR) is 74.5 cm³/mol. The molecule has 20 heavy (non-hydrogen) atoms. The highest BCUT2D eigenvalue weighted by molar-refractivity contribution is 5.94. The van der Waals surface area contributed by atoms with Crippen molar-refractivity contribution in [1.29, 1.82) is 0 Å². The Morgan fingerprint density at radius 1 is 1.40 bits per heavy atom. The van der Waals surface area contributed by atoms with Crippen LogP contribution >= 0.6 is 0 Å². The summed E-state index contributed by atoms with van der Waals surface area (Å²) in [6.45, 7) is 3.60. The Kier molecular flexibility index (Phi) is 5.90. The molecule has 0 bridgehead atoms. The summed E-state index contributed by atoms with van der Waals surface area (Å²) in [4.78, 5) is 22.7. The summed E-state index contributed by atoms with van der Waals surface area (Å²) in [6.07, 6.45) is 3.09. The van der Waals surface area contributed by atoms with Gasteiger partial charge in [-0.15, -0.1) is 0 Å². The molecule has 2 atom stereocenters. The van der Waals surface area contributed by atoms with E-state index < -0.39 is 23.7 Å². The monoisotopic (exact) mass is 279 g/mol. The van der Waals surface area contributed by atoms with Crippen molar-refractivity contribution in [2.45, 2.75) is 26.3 Å². The first-order chi connectivity index (χ1) is 9.45. The number of carboxylic acid groups (broad SMARTS) is 1. The maximum atomic E-state index is 13.3. The van der Waals surface area contributed by atoms with E-state index in [1.54, 1.807) is 19.1 Å². The highest BCUT2D eigenvalue weighted by Crippen LogP contribution is 2.10. The van der Waals surface area contributed by atoms with Crippen LogP contribution in [0, 0.1) is 11.7 Å². The number of nitrogens with one attached hydrogen (secondary N) is 1. The van der Waals surface area contributed by atoms with Crippen LogP contribution in [0.4, 0.5) is 4.39 Å². The molecule has 4 nitrogen and oxygen atoms in total. The molecule has 2 unspecified atom stereocenters. The number of aliphatic carboxylic acids is 1. The Morgan fingerprint density at radius 2 is 2.05 bits per heavy atom. The van der Waals surface area contributed by atoms with Gasteiger partial charge in [0.2, 0.25) is 5.91 Å². The maximum Gasteiger partial charge on any atom is 0.326 e. The number of rotatable bonds is 6. The van der Waals surface area contributed by atoms with Gasteiger partial charge in [-0.3, -0.25) is 4.79 Å². The Bertz CT molecular complexity index is 514. The Labute approximate surface area is 117 Å². The summed E-state index contributed by atoms with van der Waals surface area (Å²) < 4.78 is 13.3. The molecule has 0 saturated heterocycles. The third kappa shape index (κ3) is 4.50. The molecular weight excluding hydrogens is 261 g/mol. The van der Waals surface area contributed by atoms with Gasteiger partial charge in [-0.05, 0) is 18.1 Å². The molecule has 0 spiro atoms. The molecule has 0 radical (unpaired) electrons. The summed E-state index contributed by atoms with van der Waals surface area (Å²) in [7, 11) is 0. The zero-order valence-electron chi connectivity index (χ0n) is 11.5. The highest BCUT2D eigenvalue weighted by atomic mass is 19.1. The van der Waals surface area contributed by atoms with Gasteiger partial charge in [-0.1, -0.05) is 38.5 Å². The highest BCUT2D eigenvalue weighted by Gasteiger charge is 2.24. The molecule has 1 aromatic rings. The number of hydrogen-bond donors (Lipinski definition) is 2. The van der Waals surface area contributed by atoms with Crippen molar-refractivity contribution in [2.24, 2.45) is 5.92 Å². The summed E-state index contributed by atoms with van der Waals surface area (Å²) in [5.74, 6) is -2.25. The van der Waals surface area contributed by atoms with E-state index in [2.05, 4.69) is 5.32 Å². The van der Waals surface area contributed by atoms with Gasteiger partial charge in [0.1, 0.15) is 11.9 Å². The first-order valence-electron chi connectivity index (χ1n) is 6.41. The second kappa shape index (κ2) is 7.43. The first kappa shape index (κ1) is 15.9. The zero-order valence-corrected chi connectivity index (χ0v) is 11.5. The van der Waals surface area contributed by atoms with Crippen LogP contribution in [0.3, 0.4) is 0 Å². The molecule has 0 aliphatic heterocycles. The van der Waals surface area contributed by atoms with Crippen LogP contribution in [0.1, 0.15) is 25.8 Å². The lowest BCUT2D eigenvalue weighted by atomic mass is 9.99. The smallest absolute Gasteiger partial charge is 0.326 e. The summed E-state index contributed by atoms with van der Waals surface area (Å²) >= 11 is 0. The fourth-order valence-corrected chi connectivity index (χ4v) is 1.66. The SMILES string of the molecule is CCC(C)C(NC(=O)/C=C/c1ccccc1F)C(=O)O. The van der Waals surface area contributed by atoms with E-state index in [9.17, 15) is 14.0 Å². The summed E-state index contributed by atoms with van der Waals surface area (Å²) in [5, 5.41) is 11.5. The number of carbonyl (C=O) groups is 2. The average Bonchev–Trinajstić information content (AvgIpc) is 2.42. The van der Waals surface area contributed by atoms with E-state index in [0.29, 0.717) is 6.42 Å². The topological polar surface area (TPSA) is 66.4 Å². The predicted octanol–water partition coefficient (Wildman–Crippen LogP) is 2.45. The molecule has 0 aliphatic rings. The normalized spacial score (nSPS) is 13.9. The first-order valence-corrected chi connectivity index (χ1v) is 6.41. The van der Waals surface area contributed by atoms with Crippen molar-refractivity contribution < 1.29 is 19.1 Å². The lowest BCUT2D eigenvalue weighted by molar-refractivity contribution is -0.142. The fourth-order valence-electron chi connectivity index (χ4n) is 1.66. The second-order valence-electron chi connectivity index (χ2n) is 4.56. The number of halogens is 1. The number of carboxylic acids is 1. The van der Waals surface area contributed by atoms with E-state index in [1.807, 2.05) is 6.92 Å². The van der Waals surface area contributed by atoms with Crippen LogP contribution in [0.15, 0.2) is 30.3 Å². The fraction of sp³-hybridized carbons (Fsp3) is 0.333. The van der Waals surface area contributed by atoms with E-state index in [4.69, 9.17) is 5.11 Å². The Balaban J connectivity index is 2.71. The van der Waals surface area contributed by atoms with E-state index in [1.165, 1.54) is 18.2 Å².